The zero-order valence-corrected chi connectivity index (χ0v) is 12.0. The molecule has 8 heteroatoms. The van der Waals surface area contributed by atoms with Crippen LogP contribution in [0.1, 0.15) is 13.3 Å². The molecule has 0 spiro atoms. The fraction of sp³-hybridized carbons (Fsp3) is 0.727. The summed E-state index contributed by atoms with van der Waals surface area (Å²) in [5, 5.41) is 22.0. The van der Waals surface area contributed by atoms with Crippen LogP contribution < -0.4 is 10.6 Å². The van der Waals surface area contributed by atoms with E-state index in [1.165, 1.54) is 21.0 Å². The van der Waals surface area contributed by atoms with E-state index in [9.17, 15) is 19.5 Å². The normalized spacial score (nSPS) is 17.1. The zero-order chi connectivity index (χ0) is 15.2. The minimum Gasteiger partial charge on any atom is -0.480 e. The number of thiol groups is 1. The molecule has 0 aliphatic rings. The quantitative estimate of drug-likeness (QED) is 0.354. The van der Waals surface area contributed by atoms with Gasteiger partial charge < -0.3 is 20.8 Å². The Morgan fingerprint density at radius 3 is 2.11 bits per heavy atom. The van der Waals surface area contributed by atoms with Crippen LogP contribution in [0.5, 0.6) is 0 Å². The number of nitrogens with one attached hydrogen (secondary N) is 2. The number of hydrogen-bond acceptors (Lipinski definition) is 6. The molecule has 0 saturated carbocycles. The largest absolute Gasteiger partial charge is 0.480 e. The van der Waals surface area contributed by atoms with Crippen molar-refractivity contribution in [1.29, 1.82) is 0 Å². The molecule has 1 amide bonds. The summed E-state index contributed by atoms with van der Waals surface area (Å²) >= 11 is 3.84. The molecule has 0 aromatic rings. The Morgan fingerprint density at radius 1 is 1.26 bits per heavy atom. The van der Waals surface area contributed by atoms with Crippen LogP contribution in [-0.2, 0) is 14.4 Å². The summed E-state index contributed by atoms with van der Waals surface area (Å²) in [6.45, 7) is 1.43. The Balaban J connectivity index is 4.97. The fourth-order valence-electron chi connectivity index (χ4n) is 1.72. The van der Waals surface area contributed by atoms with E-state index < -0.39 is 41.0 Å². The number of aliphatic carboxylic acids is 1. The monoisotopic (exact) mass is 292 g/mol. The summed E-state index contributed by atoms with van der Waals surface area (Å²) < 4.78 is 0. The van der Waals surface area contributed by atoms with E-state index in [4.69, 9.17) is 5.11 Å². The van der Waals surface area contributed by atoms with E-state index in [0.29, 0.717) is 0 Å². The van der Waals surface area contributed by atoms with Gasteiger partial charge in [-0.2, -0.15) is 12.6 Å². The average molecular weight is 292 g/mol. The molecule has 7 nitrogen and oxygen atoms in total. The van der Waals surface area contributed by atoms with Gasteiger partial charge in [0.25, 0.3) is 0 Å². The molecule has 0 saturated heterocycles. The molecule has 0 aliphatic carbocycles. The number of carboxylic acids is 1. The Bertz CT molecular complexity index is 348. The molecule has 19 heavy (non-hydrogen) atoms. The maximum Gasteiger partial charge on any atom is 0.317 e. The van der Waals surface area contributed by atoms with E-state index >= 15 is 0 Å². The smallest absolute Gasteiger partial charge is 0.317 e. The minimum absolute atomic E-state index is 0.309. The van der Waals surface area contributed by atoms with Gasteiger partial charge in [-0.1, -0.05) is 0 Å². The molecule has 0 fully saturated rings. The van der Waals surface area contributed by atoms with Crippen molar-refractivity contribution in [1.82, 2.24) is 10.6 Å². The van der Waals surface area contributed by atoms with Crippen molar-refractivity contribution in [3.63, 3.8) is 0 Å². The summed E-state index contributed by atoms with van der Waals surface area (Å²) in [6, 6.07) is -0.846. The lowest BCUT2D eigenvalue weighted by atomic mass is 9.92. The van der Waals surface area contributed by atoms with Crippen LogP contribution in [0.3, 0.4) is 0 Å². The van der Waals surface area contributed by atoms with Gasteiger partial charge in [0, 0.05) is 13.5 Å². The first-order valence-corrected chi connectivity index (χ1v) is 6.28. The highest BCUT2D eigenvalue weighted by atomic mass is 32.1. The highest BCUT2D eigenvalue weighted by molar-refractivity contribution is 7.81. The number of likely N-dealkylation sites (N-methyl/N-ethyl adjacent to an activating group) is 1. The summed E-state index contributed by atoms with van der Waals surface area (Å²) in [4.78, 5) is 34.4. The first-order chi connectivity index (χ1) is 8.76. The Morgan fingerprint density at radius 2 is 1.79 bits per heavy atom. The number of carbonyl (C=O) groups is 3. The van der Waals surface area contributed by atoms with Gasteiger partial charge in [-0.3, -0.25) is 14.4 Å². The molecule has 110 valence electrons. The summed E-state index contributed by atoms with van der Waals surface area (Å²) in [6.07, 6.45) is -1.25. The third-order valence-corrected chi connectivity index (χ3v) is 3.36. The lowest BCUT2D eigenvalue weighted by molar-refractivity contribution is -0.141. The average Bonchev–Trinajstić information content (AvgIpc) is 2.34. The highest BCUT2D eigenvalue weighted by Crippen LogP contribution is 2.17. The van der Waals surface area contributed by atoms with Gasteiger partial charge in [-0.05, 0) is 14.0 Å². The molecule has 0 radical (unpaired) electrons. The lowest BCUT2D eigenvalue weighted by Crippen LogP contribution is -2.46. The molecule has 0 heterocycles. The second-order valence-electron chi connectivity index (χ2n) is 4.18. The van der Waals surface area contributed by atoms with E-state index in [-0.39, 0.29) is 6.42 Å². The summed E-state index contributed by atoms with van der Waals surface area (Å²) in [5.74, 6) is -3.38. The topological polar surface area (TPSA) is 116 Å². The SMILES string of the molecule is CNC(=O)[C@@H](CC(=O)[C@@H](NC)[C@@H](C)O)[C@@H](S)C(=O)O. The highest BCUT2D eigenvalue weighted by Gasteiger charge is 2.34. The molecule has 4 N–H and O–H groups in total. The van der Waals surface area contributed by atoms with Crippen LogP contribution in [0, 0.1) is 5.92 Å². The molecule has 4 atom stereocenters. The second kappa shape index (κ2) is 8.13. The minimum atomic E-state index is -1.28. The number of amides is 1. The molecule has 0 aromatic carbocycles. The predicted octanol–water partition coefficient (Wildman–Crippen LogP) is -1.34. The Labute approximate surface area is 117 Å². The van der Waals surface area contributed by atoms with Gasteiger partial charge in [0.1, 0.15) is 5.25 Å². The third-order valence-electron chi connectivity index (χ3n) is 2.78. The van der Waals surface area contributed by atoms with Crippen LogP contribution in [-0.4, -0.2) is 59.4 Å². The van der Waals surface area contributed by atoms with Gasteiger partial charge in [0.15, 0.2) is 5.78 Å². The standard InChI is InChI=1S/C11H20N2O5S/c1-5(14)8(12-2)7(15)4-6(10(16)13-3)9(19)11(17)18/h5-6,8-9,12,14,19H,4H2,1-3H3,(H,13,16)(H,17,18)/t5-,6+,8+,9-/m1/s1. The van der Waals surface area contributed by atoms with E-state index in [0.717, 1.165) is 0 Å². The van der Waals surface area contributed by atoms with Crippen molar-refractivity contribution in [2.24, 2.45) is 5.92 Å². The zero-order valence-electron chi connectivity index (χ0n) is 11.1. The number of carbonyl (C=O) groups excluding carboxylic acids is 2. The summed E-state index contributed by atoms with van der Waals surface area (Å²) in [7, 11) is 2.85. The summed E-state index contributed by atoms with van der Waals surface area (Å²) in [5.41, 5.74) is 0. The van der Waals surface area contributed by atoms with Crippen molar-refractivity contribution in [2.75, 3.05) is 14.1 Å². The first-order valence-electron chi connectivity index (χ1n) is 5.76. The first kappa shape index (κ1) is 17.9. The maximum absolute atomic E-state index is 11.9. The van der Waals surface area contributed by atoms with Crippen molar-refractivity contribution in [3.8, 4) is 0 Å². The number of carboxylic acid groups (broad SMARTS) is 1. The number of Topliss-reactive ketones (excluding diaryl/α,β-unsaturated/α-hetero) is 1. The second-order valence-corrected chi connectivity index (χ2v) is 4.74. The van der Waals surface area contributed by atoms with Crippen molar-refractivity contribution >= 4 is 30.3 Å². The van der Waals surface area contributed by atoms with E-state index in [2.05, 4.69) is 23.3 Å². The van der Waals surface area contributed by atoms with Crippen molar-refractivity contribution in [2.45, 2.75) is 30.7 Å². The number of rotatable bonds is 8. The van der Waals surface area contributed by atoms with Gasteiger partial charge in [0.2, 0.25) is 5.91 Å². The number of hydrogen-bond donors (Lipinski definition) is 5. The molecule has 0 bridgehead atoms. The number of aliphatic hydroxyl groups is 1. The molecule has 0 aliphatic heterocycles. The maximum atomic E-state index is 11.9. The lowest BCUT2D eigenvalue weighted by Gasteiger charge is -2.22. The van der Waals surface area contributed by atoms with E-state index in [1.807, 2.05) is 0 Å². The number of aliphatic hydroxyl groups excluding tert-OH is 1. The molecule has 0 unspecified atom stereocenters. The third kappa shape index (κ3) is 5.17. The van der Waals surface area contributed by atoms with Crippen LogP contribution >= 0.6 is 12.6 Å². The van der Waals surface area contributed by atoms with Gasteiger partial charge in [-0.25, -0.2) is 0 Å². The Hall–Kier alpha value is -1.12. The Kier molecular flexibility index (Phi) is 7.65. The van der Waals surface area contributed by atoms with Crippen LogP contribution in [0.25, 0.3) is 0 Å². The molecular weight excluding hydrogens is 272 g/mol. The van der Waals surface area contributed by atoms with Crippen LogP contribution in [0.2, 0.25) is 0 Å². The van der Waals surface area contributed by atoms with Crippen LogP contribution in [0.15, 0.2) is 0 Å². The molecular formula is C11H20N2O5S. The van der Waals surface area contributed by atoms with Crippen LogP contribution in [0.4, 0.5) is 0 Å². The van der Waals surface area contributed by atoms with Crippen molar-refractivity contribution < 1.29 is 24.6 Å². The van der Waals surface area contributed by atoms with Gasteiger partial charge in [-0.15, -0.1) is 0 Å². The molecule has 0 aromatic heterocycles. The predicted molar refractivity (Wildman–Crippen MR) is 72.1 cm³/mol. The van der Waals surface area contributed by atoms with Crippen molar-refractivity contribution in [3.05, 3.63) is 0 Å². The molecule has 0 rings (SSSR count). The van der Waals surface area contributed by atoms with Gasteiger partial charge >= 0.3 is 5.97 Å². The van der Waals surface area contributed by atoms with Gasteiger partial charge in [0.05, 0.1) is 18.1 Å². The fourth-order valence-corrected chi connectivity index (χ4v) is 1.96. The van der Waals surface area contributed by atoms with E-state index in [1.54, 1.807) is 0 Å². The number of ketones is 1.